The van der Waals surface area contributed by atoms with Gasteiger partial charge >= 0.3 is 0 Å². The summed E-state index contributed by atoms with van der Waals surface area (Å²) in [5.41, 5.74) is 5.59. The Balaban J connectivity index is 4.33. The zero-order chi connectivity index (χ0) is 12.6. The Labute approximate surface area is 96.4 Å². The molecule has 0 aliphatic rings. The van der Waals surface area contributed by atoms with Crippen molar-refractivity contribution in [3.05, 3.63) is 0 Å². The molecule has 0 saturated carbocycles. The Morgan fingerprint density at radius 2 is 2.12 bits per heavy atom. The molecule has 0 aromatic carbocycles. The number of carbonyl (C=O) groups is 2. The van der Waals surface area contributed by atoms with Crippen molar-refractivity contribution in [1.29, 1.82) is 0 Å². The molecule has 0 fully saturated rings. The predicted molar refractivity (Wildman–Crippen MR) is 62.4 cm³/mol. The van der Waals surface area contributed by atoms with Gasteiger partial charge in [-0.3, -0.25) is 9.59 Å². The van der Waals surface area contributed by atoms with Gasteiger partial charge in [0.25, 0.3) is 0 Å². The molecule has 3 N–H and O–H groups in total. The summed E-state index contributed by atoms with van der Waals surface area (Å²) >= 11 is 0. The number of rotatable bonds is 6. The summed E-state index contributed by atoms with van der Waals surface area (Å²) < 4.78 is 0. The summed E-state index contributed by atoms with van der Waals surface area (Å²) in [6, 6.07) is -0.723. The molecule has 0 heterocycles. The molecular weight excluding hydrogens is 206 g/mol. The summed E-state index contributed by atoms with van der Waals surface area (Å²) in [5.74, 6) is 1.86. The van der Waals surface area contributed by atoms with Crippen LogP contribution in [0.2, 0.25) is 0 Å². The van der Waals surface area contributed by atoms with Gasteiger partial charge in [0.2, 0.25) is 11.8 Å². The molecule has 90 valence electrons. The Bertz CT molecular complexity index is 283. The smallest absolute Gasteiger partial charge is 0.240 e. The standard InChI is InChI=1S/C11H19N3O2/c1-4-7-9(12)11(16)14(6-3)8-10(15)13-5-2/h1,9H,5-8,12H2,2-3H3,(H,13,15). The van der Waals surface area contributed by atoms with E-state index in [1.807, 2.05) is 6.92 Å². The largest absolute Gasteiger partial charge is 0.355 e. The number of likely N-dealkylation sites (N-methyl/N-ethyl adjacent to an activating group) is 2. The van der Waals surface area contributed by atoms with E-state index in [1.54, 1.807) is 6.92 Å². The molecule has 0 aliphatic heterocycles. The summed E-state index contributed by atoms with van der Waals surface area (Å²) in [5, 5.41) is 2.62. The molecule has 0 saturated heterocycles. The van der Waals surface area contributed by atoms with Crippen molar-refractivity contribution in [2.24, 2.45) is 5.73 Å². The highest BCUT2D eigenvalue weighted by Crippen LogP contribution is 1.96. The summed E-state index contributed by atoms with van der Waals surface area (Å²) in [7, 11) is 0. The molecule has 0 rings (SSSR count). The van der Waals surface area contributed by atoms with Gasteiger partial charge < -0.3 is 16.0 Å². The van der Waals surface area contributed by atoms with Crippen LogP contribution >= 0.6 is 0 Å². The van der Waals surface area contributed by atoms with Crippen LogP contribution in [0.1, 0.15) is 20.3 Å². The third-order valence-corrected chi connectivity index (χ3v) is 2.06. The van der Waals surface area contributed by atoms with Crippen molar-refractivity contribution in [3.63, 3.8) is 0 Å². The highest BCUT2D eigenvalue weighted by Gasteiger charge is 2.20. The molecule has 0 aromatic rings. The normalized spacial score (nSPS) is 11.4. The summed E-state index contributed by atoms with van der Waals surface area (Å²) in [6.07, 6.45) is 5.26. The monoisotopic (exact) mass is 225 g/mol. The van der Waals surface area contributed by atoms with E-state index in [-0.39, 0.29) is 24.8 Å². The van der Waals surface area contributed by atoms with E-state index in [9.17, 15) is 9.59 Å². The summed E-state index contributed by atoms with van der Waals surface area (Å²) in [4.78, 5) is 24.4. The molecule has 5 heteroatoms. The number of hydrogen-bond acceptors (Lipinski definition) is 3. The van der Waals surface area contributed by atoms with Crippen molar-refractivity contribution in [2.45, 2.75) is 26.3 Å². The molecule has 0 aliphatic carbocycles. The topological polar surface area (TPSA) is 75.4 Å². The van der Waals surface area contributed by atoms with Crippen LogP contribution in [0.3, 0.4) is 0 Å². The predicted octanol–water partition coefficient (Wildman–Crippen LogP) is -0.678. The maximum atomic E-state index is 11.7. The number of amides is 2. The van der Waals surface area contributed by atoms with Gasteiger partial charge in [0.1, 0.15) is 0 Å². The van der Waals surface area contributed by atoms with Crippen molar-refractivity contribution >= 4 is 11.8 Å². The minimum absolute atomic E-state index is 0.0292. The third-order valence-electron chi connectivity index (χ3n) is 2.06. The minimum atomic E-state index is -0.723. The SMILES string of the molecule is C#CCC(N)C(=O)N(CC)CC(=O)NCC. The quantitative estimate of drug-likeness (QED) is 0.588. The molecule has 1 unspecified atom stereocenters. The number of nitrogens with zero attached hydrogens (tertiary/aromatic N) is 1. The second kappa shape index (κ2) is 7.71. The van der Waals surface area contributed by atoms with E-state index in [0.717, 1.165) is 0 Å². The van der Waals surface area contributed by atoms with Crippen LogP contribution in [0.15, 0.2) is 0 Å². The van der Waals surface area contributed by atoms with Crippen LogP contribution in [-0.4, -0.2) is 42.4 Å². The Kier molecular flexibility index (Phi) is 6.97. The number of hydrogen-bond donors (Lipinski definition) is 2. The first kappa shape index (κ1) is 14.5. The average Bonchev–Trinajstić information content (AvgIpc) is 2.25. The lowest BCUT2D eigenvalue weighted by molar-refractivity contribution is -0.136. The van der Waals surface area contributed by atoms with Gasteiger partial charge in [0, 0.05) is 19.5 Å². The maximum absolute atomic E-state index is 11.7. The third kappa shape index (κ3) is 4.80. The first-order valence-electron chi connectivity index (χ1n) is 5.31. The molecule has 0 spiro atoms. The van der Waals surface area contributed by atoms with Crippen molar-refractivity contribution in [3.8, 4) is 12.3 Å². The molecule has 0 aromatic heterocycles. The van der Waals surface area contributed by atoms with Gasteiger partial charge in [-0.05, 0) is 13.8 Å². The van der Waals surface area contributed by atoms with E-state index in [1.165, 1.54) is 4.90 Å². The van der Waals surface area contributed by atoms with Crippen LogP contribution in [0, 0.1) is 12.3 Å². The van der Waals surface area contributed by atoms with Crippen molar-refractivity contribution in [1.82, 2.24) is 10.2 Å². The fraction of sp³-hybridized carbons (Fsp3) is 0.636. The molecule has 16 heavy (non-hydrogen) atoms. The van der Waals surface area contributed by atoms with E-state index in [4.69, 9.17) is 12.2 Å². The van der Waals surface area contributed by atoms with Crippen molar-refractivity contribution < 1.29 is 9.59 Å². The molecule has 0 radical (unpaired) electrons. The Morgan fingerprint density at radius 1 is 1.50 bits per heavy atom. The second-order valence-corrected chi connectivity index (χ2v) is 3.32. The Hall–Kier alpha value is -1.54. The lowest BCUT2D eigenvalue weighted by Gasteiger charge is -2.22. The highest BCUT2D eigenvalue weighted by molar-refractivity contribution is 5.87. The van der Waals surface area contributed by atoms with Crippen LogP contribution in [0.25, 0.3) is 0 Å². The van der Waals surface area contributed by atoms with Gasteiger partial charge in [0.15, 0.2) is 0 Å². The molecule has 5 nitrogen and oxygen atoms in total. The fourth-order valence-electron chi connectivity index (χ4n) is 1.22. The van der Waals surface area contributed by atoms with Gasteiger partial charge in [-0.15, -0.1) is 12.3 Å². The second-order valence-electron chi connectivity index (χ2n) is 3.32. The van der Waals surface area contributed by atoms with Crippen LogP contribution in [-0.2, 0) is 9.59 Å². The molecule has 0 bridgehead atoms. The Morgan fingerprint density at radius 3 is 2.56 bits per heavy atom. The highest BCUT2D eigenvalue weighted by atomic mass is 16.2. The van der Waals surface area contributed by atoms with Crippen LogP contribution < -0.4 is 11.1 Å². The van der Waals surface area contributed by atoms with Gasteiger partial charge in [-0.2, -0.15) is 0 Å². The van der Waals surface area contributed by atoms with Crippen molar-refractivity contribution in [2.75, 3.05) is 19.6 Å². The van der Waals surface area contributed by atoms with Gasteiger partial charge in [-0.25, -0.2) is 0 Å². The average molecular weight is 225 g/mol. The molecule has 2 amide bonds. The fourth-order valence-corrected chi connectivity index (χ4v) is 1.22. The first-order valence-corrected chi connectivity index (χ1v) is 5.31. The van der Waals surface area contributed by atoms with Crippen LogP contribution in [0.5, 0.6) is 0 Å². The minimum Gasteiger partial charge on any atom is -0.355 e. The number of carbonyl (C=O) groups excluding carboxylic acids is 2. The first-order chi connectivity index (χ1) is 7.56. The van der Waals surface area contributed by atoms with Gasteiger partial charge in [-0.1, -0.05) is 0 Å². The lowest BCUT2D eigenvalue weighted by atomic mass is 10.2. The van der Waals surface area contributed by atoms with Crippen LogP contribution in [0.4, 0.5) is 0 Å². The lowest BCUT2D eigenvalue weighted by Crippen LogP contribution is -2.47. The zero-order valence-corrected chi connectivity index (χ0v) is 9.82. The van der Waals surface area contributed by atoms with E-state index < -0.39 is 6.04 Å². The number of terminal acetylenes is 1. The molecule has 1 atom stereocenters. The molecular formula is C11H19N3O2. The van der Waals surface area contributed by atoms with Gasteiger partial charge in [0.05, 0.1) is 12.6 Å². The van der Waals surface area contributed by atoms with E-state index >= 15 is 0 Å². The number of nitrogens with two attached hydrogens (primary N) is 1. The van der Waals surface area contributed by atoms with E-state index in [0.29, 0.717) is 13.1 Å². The van der Waals surface area contributed by atoms with E-state index in [2.05, 4.69) is 11.2 Å². The number of nitrogens with one attached hydrogen (secondary N) is 1. The summed E-state index contributed by atoms with van der Waals surface area (Å²) in [6.45, 7) is 4.62. The maximum Gasteiger partial charge on any atom is 0.240 e. The zero-order valence-electron chi connectivity index (χ0n) is 9.82.